The first-order valence-electron chi connectivity index (χ1n) is 4.68. The third kappa shape index (κ3) is 2.16. The molecule has 1 aromatic heterocycles. The molecule has 0 spiro atoms. The summed E-state index contributed by atoms with van der Waals surface area (Å²) in [5, 5.41) is 6.76. The van der Waals surface area contributed by atoms with E-state index in [9.17, 15) is 8.42 Å². The van der Waals surface area contributed by atoms with Gasteiger partial charge in [0.1, 0.15) is 0 Å². The predicted molar refractivity (Wildman–Crippen MR) is 57.2 cm³/mol. The van der Waals surface area contributed by atoms with Crippen LogP contribution in [0.15, 0.2) is 6.20 Å². The summed E-state index contributed by atoms with van der Waals surface area (Å²) in [7, 11) is -3.19. The first kappa shape index (κ1) is 10.9. The summed E-state index contributed by atoms with van der Waals surface area (Å²) >= 11 is 5.46. The molecule has 5 nitrogen and oxygen atoms in total. The van der Waals surface area contributed by atoms with Gasteiger partial charge < -0.3 is 0 Å². The van der Waals surface area contributed by atoms with Crippen molar-refractivity contribution in [2.45, 2.75) is 13.0 Å². The number of H-pyrrole nitrogens is 1. The minimum atomic E-state index is -3.19. The summed E-state index contributed by atoms with van der Waals surface area (Å²) in [4.78, 5) is 0. The molecular weight excluding hydrogens is 238 g/mol. The molecule has 0 radical (unpaired) electrons. The zero-order valence-electron chi connectivity index (χ0n) is 8.11. The van der Waals surface area contributed by atoms with E-state index in [0.717, 1.165) is 11.3 Å². The van der Waals surface area contributed by atoms with E-state index < -0.39 is 10.0 Å². The Morgan fingerprint density at radius 1 is 1.60 bits per heavy atom. The van der Waals surface area contributed by atoms with Crippen molar-refractivity contribution in [2.75, 3.05) is 18.2 Å². The molecule has 0 amide bonds. The molecule has 84 valence electrons. The van der Waals surface area contributed by atoms with Crippen molar-refractivity contribution in [3.8, 4) is 0 Å². The molecule has 7 heteroatoms. The molecule has 0 saturated heterocycles. The highest BCUT2D eigenvalue weighted by molar-refractivity contribution is 7.89. The Kier molecular flexibility index (Phi) is 2.99. The molecule has 1 aromatic rings. The second kappa shape index (κ2) is 4.11. The number of rotatable bonds is 3. The summed E-state index contributed by atoms with van der Waals surface area (Å²) in [6.45, 7) is 0.916. The van der Waals surface area contributed by atoms with Crippen molar-refractivity contribution in [2.24, 2.45) is 0 Å². The van der Waals surface area contributed by atoms with E-state index in [4.69, 9.17) is 11.6 Å². The molecule has 0 aromatic carbocycles. The third-order valence-corrected chi connectivity index (χ3v) is 4.73. The Morgan fingerprint density at radius 2 is 2.40 bits per heavy atom. The van der Waals surface area contributed by atoms with Gasteiger partial charge in [-0.15, -0.1) is 11.6 Å². The topological polar surface area (TPSA) is 66.1 Å². The Labute approximate surface area is 93.5 Å². The molecular formula is C8H12ClN3O2S. The number of halogens is 1. The van der Waals surface area contributed by atoms with Crippen LogP contribution in [0.5, 0.6) is 0 Å². The fourth-order valence-corrected chi connectivity index (χ4v) is 3.40. The van der Waals surface area contributed by atoms with Crippen LogP contribution in [-0.2, 0) is 23.0 Å². The van der Waals surface area contributed by atoms with Gasteiger partial charge in [-0.3, -0.25) is 5.10 Å². The van der Waals surface area contributed by atoms with Gasteiger partial charge in [-0.1, -0.05) is 0 Å². The van der Waals surface area contributed by atoms with Gasteiger partial charge in [-0.25, -0.2) is 8.42 Å². The normalized spacial score (nSPS) is 17.7. The van der Waals surface area contributed by atoms with E-state index in [1.807, 2.05) is 0 Å². The minimum absolute atomic E-state index is 0.00173. The highest BCUT2D eigenvalue weighted by atomic mass is 35.5. The molecule has 0 unspecified atom stereocenters. The van der Waals surface area contributed by atoms with E-state index in [0.29, 0.717) is 19.5 Å². The standard InChI is InChI=1S/C8H12ClN3O2S/c9-2-4-15(13,14)12-3-1-8-7(6-12)5-10-11-8/h5H,1-4,6H2,(H,10,11). The van der Waals surface area contributed by atoms with Crippen LogP contribution in [0.2, 0.25) is 0 Å². The molecule has 0 aliphatic carbocycles. The number of aromatic amines is 1. The number of nitrogens with zero attached hydrogens (tertiary/aromatic N) is 2. The smallest absolute Gasteiger partial charge is 0.215 e. The van der Waals surface area contributed by atoms with Gasteiger partial charge >= 0.3 is 0 Å². The van der Waals surface area contributed by atoms with Crippen LogP contribution in [0.3, 0.4) is 0 Å². The van der Waals surface area contributed by atoms with Crippen LogP contribution in [0.4, 0.5) is 0 Å². The van der Waals surface area contributed by atoms with E-state index in [1.165, 1.54) is 4.31 Å². The lowest BCUT2D eigenvalue weighted by molar-refractivity contribution is 0.391. The first-order chi connectivity index (χ1) is 7.13. The fourth-order valence-electron chi connectivity index (χ4n) is 1.66. The molecule has 1 aliphatic rings. The van der Waals surface area contributed by atoms with Gasteiger partial charge in [0.25, 0.3) is 0 Å². The highest BCUT2D eigenvalue weighted by Crippen LogP contribution is 2.18. The lowest BCUT2D eigenvalue weighted by atomic mass is 10.1. The maximum Gasteiger partial charge on any atom is 0.215 e. The lowest BCUT2D eigenvalue weighted by Gasteiger charge is -2.25. The summed E-state index contributed by atoms with van der Waals surface area (Å²) in [6, 6.07) is 0. The average molecular weight is 250 g/mol. The van der Waals surface area contributed by atoms with Crippen molar-refractivity contribution in [3.05, 3.63) is 17.5 Å². The molecule has 0 fully saturated rings. The van der Waals surface area contributed by atoms with Gasteiger partial charge in [-0.2, -0.15) is 9.40 Å². The summed E-state index contributed by atoms with van der Waals surface area (Å²) in [6.07, 6.45) is 2.37. The van der Waals surface area contributed by atoms with Crippen molar-refractivity contribution in [3.63, 3.8) is 0 Å². The van der Waals surface area contributed by atoms with E-state index in [-0.39, 0.29) is 11.6 Å². The van der Waals surface area contributed by atoms with E-state index in [2.05, 4.69) is 10.2 Å². The Bertz CT molecular complexity index is 442. The van der Waals surface area contributed by atoms with Crippen LogP contribution in [0, 0.1) is 0 Å². The zero-order chi connectivity index (χ0) is 10.9. The molecule has 0 saturated carbocycles. The number of nitrogens with one attached hydrogen (secondary N) is 1. The molecule has 2 rings (SSSR count). The number of sulfonamides is 1. The Morgan fingerprint density at radius 3 is 3.13 bits per heavy atom. The quantitative estimate of drug-likeness (QED) is 0.786. The summed E-state index contributed by atoms with van der Waals surface area (Å²) in [5.74, 6) is 0.138. The average Bonchev–Trinajstić information content (AvgIpc) is 2.63. The van der Waals surface area contributed by atoms with Crippen LogP contribution < -0.4 is 0 Å². The van der Waals surface area contributed by atoms with Crippen LogP contribution in [0.1, 0.15) is 11.3 Å². The fraction of sp³-hybridized carbons (Fsp3) is 0.625. The predicted octanol–water partition coefficient (Wildman–Crippen LogP) is 0.336. The summed E-state index contributed by atoms with van der Waals surface area (Å²) in [5.41, 5.74) is 1.99. The molecule has 0 atom stereocenters. The Balaban J connectivity index is 2.16. The van der Waals surface area contributed by atoms with Crippen LogP contribution in [-0.4, -0.2) is 41.1 Å². The van der Waals surface area contributed by atoms with Crippen molar-refractivity contribution in [1.82, 2.24) is 14.5 Å². The van der Waals surface area contributed by atoms with Gasteiger partial charge in [0.05, 0.1) is 11.9 Å². The molecule has 1 N–H and O–H groups in total. The third-order valence-electron chi connectivity index (χ3n) is 2.49. The largest absolute Gasteiger partial charge is 0.282 e. The Hall–Kier alpha value is -0.590. The van der Waals surface area contributed by atoms with Gasteiger partial charge in [-0.05, 0) is 0 Å². The van der Waals surface area contributed by atoms with Crippen molar-refractivity contribution >= 4 is 21.6 Å². The lowest BCUT2D eigenvalue weighted by Crippen LogP contribution is -2.37. The second-order valence-electron chi connectivity index (χ2n) is 3.46. The number of hydrogen-bond donors (Lipinski definition) is 1. The van der Waals surface area contributed by atoms with Gasteiger partial charge in [0.15, 0.2) is 0 Å². The van der Waals surface area contributed by atoms with Crippen molar-refractivity contribution in [1.29, 1.82) is 0 Å². The maximum absolute atomic E-state index is 11.7. The molecule has 1 aliphatic heterocycles. The van der Waals surface area contributed by atoms with E-state index >= 15 is 0 Å². The number of alkyl halides is 1. The first-order valence-corrected chi connectivity index (χ1v) is 6.83. The maximum atomic E-state index is 11.7. The molecule has 15 heavy (non-hydrogen) atoms. The molecule has 0 bridgehead atoms. The number of fused-ring (bicyclic) bond motifs is 1. The summed E-state index contributed by atoms with van der Waals surface area (Å²) < 4.78 is 24.9. The molecule has 2 heterocycles. The monoisotopic (exact) mass is 249 g/mol. The van der Waals surface area contributed by atoms with Crippen LogP contribution in [0.25, 0.3) is 0 Å². The minimum Gasteiger partial charge on any atom is -0.282 e. The van der Waals surface area contributed by atoms with Crippen LogP contribution >= 0.6 is 11.6 Å². The highest BCUT2D eigenvalue weighted by Gasteiger charge is 2.26. The van der Waals surface area contributed by atoms with Gasteiger partial charge in [0, 0.05) is 36.6 Å². The van der Waals surface area contributed by atoms with Crippen molar-refractivity contribution < 1.29 is 8.42 Å². The number of hydrogen-bond acceptors (Lipinski definition) is 3. The zero-order valence-corrected chi connectivity index (χ0v) is 9.68. The number of aromatic nitrogens is 2. The second-order valence-corrected chi connectivity index (χ2v) is 5.93. The van der Waals surface area contributed by atoms with Gasteiger partial charge in [0.2, 0.25) is 10.0 Å². The van der Waals surface area contributed by atoms with E-state index in [1.54, 1.807) is 6.20 Å². The SMILES string of the molecule is O=S(=O)(CCCl)N1CCc2[nH]ncc2C1.